The molecule has 3 rings (SSSR count). The van der Waals surface area contributed by atoms with Gasteiger partial charge >= 0.3 is 0 Å². The van der Waals surface area contributed by atoms with Gasteiger partial charge in [-0.1, -0.05) is 24.3 Å². The Balaban J connectivity index is 1.98. The van der Waals surface area contributed by atoms with Crippen molar-refractivity contribution in [2.75, 3.05) is 0 Å². The summed E-state index contributed by atoms with van der Waals surface area (Å²) < 4.78 is 0. The molecule has 0 unspecified atom stereocenters. The van der Waals surface area contributed by atoms with Crippen molar-refractivity contribution in [3.8, 4) is 10.6 Å². The molecule has 1 heterocycles. The molecule has 0 spiro atoms. The Kier molecular flexibility index (Phi) is 2.33. The summed E-state index contributed by atoms with van der Waals surface area (Å²) in [6, 6.07) is 7.62. The zero-order valence-electron chi connectivity index (χ0n) is 8.77. The van der Waals surface area contributed by atoms with E-state index in [1.807, 2.05) is 24.3 Å². The van der Waals surface area contributed by atoms with Crippen molar-refractivity contribution >= 4 is 17.6 Å². The summed E-state index contributed by atoms with van der Waals surface area (Å²) in [6.45, 7) is 0. The minimum Gasteiger partial charge on any atom is -0.298 e. The molecule has 16 heavy (non-hydrogen) atoms. The van der Waals surface area contributed by atoms with E-state index in [4.69, 9.17) is 0 Å². The number of thiazole rings is 1. The van der Waals surface area contributed by atoms with Gasteiger partial charge in [0, 0.05) is 16.0 Å². The third-order valence-electron chi connectivity index (χ3n) is 2.89. The number of carbonyl (C=O) groups excluding carboxylic acids is 1. The van der Waals surface area contributed by atoms with Crippen LogP contribution in [0.1, 0.15) is 27.3 Å². The summed E-state index contributed by atoms with van der Waals surface area (Å²) in [5, 5.41) is 1.09. The predicted molar refractivity (Wildman–Crippen MR) is 65.0 cm³/mol. The summed E-state index contributed by atoms with van der Waals surface area (Å²) in [7, 11) is 0. The maximum atomic E-state index is 10.6. The number of aromatic nitrogens is 1. The third kappa shape index (κ3) is 1.57. The maximum absolute atomic E-state index is 10.6. The highest BCUT2D eigenvalue weighted by Crippen LogP contribution is 2.33. The molecule has 0 amide bonds. The van der Waals surface area contributed by atoms with E-state index in [-0.39, 0.29) is 0 Å². The summed E-state index contributed by atoms with van der Waals surface area (Å²) in [6.07, 6.45) is 4.42. The van der Waals surface area contributed by atoms with E-state index < -0.39 is 0 Å². The smallest absolute Gasteiger partial charge is 0.150 e. The number of hydrogen-bond acceptors (Lipinski definition) is 3. The van der Waals surface area contributed by atoms with Crippen LogP contribution in [0.5, 0.6) is 0 Å². The lowest BCUT2D eigenvalue weighted by molar-refractivity contribution is 0.112. The molecule has 1 aromatic carbocycles. The van der Waals surface area contributed by atoms with Crippen molar-refractivity contribution in [2.45, 2.75) is 19.3 Å². The van der Waals surface area contributed by atoms with Crippen molar-refractivity contribution in [3.05, 3.63) is 40.4 Å². The second-order valence-electron chi connectivity index (χ2n) is 3.98. The molecule has 1 aliphatic carbocycles. The van der Waals surface area contributed by atoms with E-state index in [1.54, 1.807) is 11.3 Å². The highest BCUT2D eigenvalue weighted by molar-refractivity contribution is 7.15. The summed E-state index contributed by atoms with van der Waals surface area (Å²) in [4.78, 5) is 16.6. The Morgan fingerprint density at radius 1 is 1.19 bits per heavy atom. The van der Waals surface area contributed by atoms with Crippen LogP contribution in [0.25, 0.3) is 10.6 Å². The van der Waals surface area contributed by atoms with Crippen molar-refractivity contribution in [1.82, 2.24) is 4.98 Å². The molecule has 0 N–H and O–H groups in total. The maximum Gasteiger partial charge on any atom is 0.150 e. The number of hydrogen-bond donors (Lipinski definition) is 0. The van der Waals surface area contributed by atoms with Crippen LogP contribution in [0.15, 0.2) is 24.3 Å². The monoisotopic (exact) mass is 229 g/mol. The molecular formula is C13H11NOS. The molecule has 0 saturated carbocycles. The minimum absolute atomic E-state index is 0.716. The zero-order chi connectivity index (χ0) is 11.0. The van der Waals surface area contributed by atoms with Crippen LogP contribution in [0.4, 0.5) is 0 Å². The third-order valence-corrected chi connectivity index (χ3v) is 4.10. The lowest BCUT2D eigenvalue weighted by Gasteiger charge is -1.96. The fourth-order valence-corrected chi connectivity index (χ4v) is 3.17. The molecule has 2 aromatic rings. The Bertz CT molecular complexity index is 506. The molecular weight excluding hydrogens is 218 g/mol. The van der Waals surface area contributed by atoms with Crippen molar-refractivity contribution in [2.24, 2.45) is 0 Å². The van der Waals surface area contributed by atoms with Gasteiger partial charge in [0.1, 0.15) is 11.3 Å². The van der Waals surface area contributed by atoms with Gasteiger partial charge in [-0.25, -0.2) is 4.98 Å². The van der Waals surface area contributed by atoms with Gasteiger partial charge in [-0.2, -0.15) is 0 Å². The first-order chi connectivity index (χ1) is 7.86. The number of fused-ring (bicyclic) bond motifs is 1. The van der Waals surface area contributed by atoms with E-state index in [0.717, 1.165) is 23.3 Å². The van der Waals surface area contributed by atoms with Crippen LogP contribution in [-0.4, -0.2) is 11.3 Å². The second kappa shape index (κ2) is 3.83. The average Bonchev–Trinajstić information content (AvgIpc) is 2.89. The summed E-state index contributed by atoms with van der Waals surface area (Å²) >= 11 is 1.79. The molecule has 1 aliphatic rings. The Morgan fingerprint density at radius 2 is 2.00 bits per heavy atom. The van der Waals surface area contributed by atoms with Gasteiger partial charge in [-0.3, -0.25) is 4.79 Å². The van der Waals surface area contributed by atoms with Crippen LogP contribution in [0.2, 0.25) is 0 Å². The standard InChI is InChI=1S/C13H11NOS/c15-8-9-4-6-10(7-5-9)13-14-11-2-1-3-12(11)16-13/h4-8H,1-3H2. The van der Waals surface area contributed by atoms with Gasteiger partial charge in [-0.05, 0) is 19.3 Å². The van der Waals surface area contributed by atoms with Crippen LogP contribution in [0, 0.1) is 0 Å². The molecule has 1 aromatic heterocycles. The van der Waals surface area contributed by atoms with Gasteiger partial charge < -0.3 is 0 Å². The zero-order valence-corrected chi connectivity index (χ0v) is 9.59. The van der Waals surface area contributed by atoms with Gasteiger partial charge in [0.15, 0.2) is 0 Å². The van der Waals surface area contributed by atoms with Crippen LogP contribution < -0.4 is 0 Å². The van der Waals surface area contributed by atoms with Crippen LogP contribution in [-0.2, 0) is 12.8 Å². The van der Waals surface area contributed by atoms with Crippen LogP contribution >= 0.6 is 11.3 Å². The first-order valence-corrected chi connectivity index (χ1v) is 6.22. The van der Waals surface area contributed by atoms with E-state index in [9.17, 15) is 4.79 Å². The molecule has 0 bridgehead atoms. The van der Waals surface area contributed by atoms with Crippen molar-refractivity contribution < 1.29 is 4.79 Å². The average molecular weight is 229 g/mol. The summed E-state index contributed by atoms with van der Waals surface area (Å²) in [5.74, 6) is 0. The van der Waals surface area contributed by atoms with Gasteiger partial charge in [0.2, 0.25) is 0 Å². The normalized spacial score (nSPS) is 13.8. The minimum atomic E-state index is 0.716. The van der Waals surface area contributed by atoms with Crippen molar-refractivity contribution in [3.63, 3.8) is 0 Å². The van der Waals surface area contributed by atoms with E-state index in [2.05, 4.69) is 4.98 Å². The topological polar surface area (TPSA) is 30.0 Å². The van der Waals surface area contributed by atoms with E-state index in [0.29, 0.717) is 5.56 Å². The Morgan fingerprint density at radius 3 is 2.69 bits per heavy atom. The number of benzene rings is 1. The lowest BCUT2D eigenvalue weighted by atomic mass is 10.1. The summed E-state index contributed by atoms with van der Waals surface area (Å²) in [5.41, 5.74) is 3.11. The van der Waals surface area contributed by atoms with Crippen LogP contribution in [0.3, 0.4) is 0 Å². The molecule has 0 atom stereocenters. The highest BCUT2D eigenvalue weighted by atomic mass is 32.1. The lowest BCUT2D eigenvalue weighted by Crippen LogP contribution is -1.82. The molecule has 0 aliphatic heterocycles. The molecule has 0 radical (unpaired) electrons. The molecule has 2 nitrogen and oxygen atoms in total. The fourth-order valence-electron chi connectivity index (χ4n) is 2.02. The van der Waals surface area contributed by atoms with E-state index >= 15 is 0 Å². The first-order valence-electron chi connectivity index (χ1n) is 5.41. The molecule has 0 saturated heterocycles. The Hall–Kier alpha value is -1.48. The number of carbonyl (C=O) groups is 1. The molecule has 0 fully saturated rings. The number of aldehydes is 1. The number of rotatable bonds is 2. The highest BCUT2D eigenvalue weighted by Gasteiger charge is 2.17. The first kappa shape index (κ1) is 9.73. The van der Waals surface area contributed by atoms with Crippen molar-refractivity contribution in [1.29, 1.82) is 0 Å². The number of aryl methyl sites for hydroxylation is 2. The molecule has 3 heteroatoms. The fraction of sp³-hybridized carbons (Fsp3) is 0.231. The second-order valence-corrected chi connectivity index (χ2v) is 5.07. The molecule has 80 valence electrons. The van der Waals surface area contributed by atoms with E-state index in [1.165, 1.54) is 23.4 Å². The number of nitrogens with zero attached hydrogens (tertiary/aromatic N) is 1. The predicted octanol–water partition coefficient (Wildman–Crippen LogP) is 3.11. The van der Waals surface area contributed by atoms with Gasteiger partial charge in [0.25, 0.3) is 0 Å². The quantitative estimate of drug-likeness (QED) is 0.741. The Labute approximate surface area is 98.0 Å². The SMILES string of the molecule is O=Cc1ccc(-c2nc3c(s2)CCC3)cc1. The van der Waals surface area contributed by atoms with Gasteiger partial charge in [-0.15, -0.1) is 11.3 Å². The van der Waals surface area contributed by atoms with Gasteiger partial charge in [0.05, 0.1) is 5.69 Å². The largest absolute Gasteiger partial charge is 0.298 e.